The van der Waals surface area contributed by atoms with Gasteiger partial charge in [-0.15, -0.1) is 0 Å². The Kier molecular flexibility index (Phi) is 2.92. The summed E-state index contributed by atoms with van der Waals surface area (Å²) in [6.45, 7) is 1.93. The largest absolute Gasteiger partial charge is 0.478 e. The molecule has 0 bridgehead atoms. The molecule has 0 spiro atoms. The van der Waals surface area contributed by atoms with E-state index in [4.69, 9.17) is 5.11 Å². The van der Waals surface area contributed by atoms with Gasteiger partial charge in [-0.05, 0) is 36.1 Å². The molecule has 0 amide bonds. The molecule has 2 aromatic rings. The third kappa shape index (κ3) is 2.23. The highest BCUT2D eigenvalue weighted by molar-refractivity contribution is 7.08. The zero-order valence-electron chi connectivity index (χ0n) is 8.73. The predicted octanol–water partition coefficient (Wildman–Crippen LogP) is 3.50. The SMILES string of the molecule is Cc1ccc(C(=O)O)c(Nc2ccsc2)c1. The van der Waals surface area contributed by atoms with Crippen LogP contribution in [0, 0.1) is 6.92 Å². The fourth-order valence-corrected chi connectivity index (χ4v) is 2.03. The van der Waals surface area contributed by atoms with Gasteiger partial charge in [0.25, 0.3) is 0 Å². The summed E-state index contributed by atoms with van der Waals surface area (Å²) < 4.78 is 0. The molecule has 0 saturated carbocycles. The number of rotatable bonds is 3. The normalized spacial score (nSPS) is 10.1. The van der Waals surface area contributed by atoms with Crippen molar-refractivity contribution in [1.82, 2.24) is 0 Å². The molecule has 0 saturated heterocycles. The molecular weight excluding hydrogens is 222 g/mol. The number of hydrogen-bond acceptors (Lipinski definition) is 3. The van der Waals surface area contributed by atoms with Crippen LogP contribution in [0.4, 0.5) is 11.4 Å². The lowest BCUT2D eigenvalue weighted by Gasteiger charge is -2.08. The summed E-state index contributed by atoms with van der Waals surface area (Å²) in [5.74, 6) is -0.919. The van der Waals surface area contributed by atoms with Crippen LogP contribution in [0.25, 0.3) is 0 Å². The maximum absolute atomic E-state index is 11.0. The highest BCUT2D eigenvalue weighted by atomic mass is 32.1. The van der Waals surface area contributed by atoms with E-state index in [0.29, 0.717) is 5.69 Å². The number of nitrogens with one attached hydrogen (secondary N) is 1. The lowest BCUT2D eigenvalue weighted by molar-refractivity contribution is 0.0698. The molecule has 0 unspecified atom stereocenters. The number of hydrogen-bond donors (Lipinski definition) is 2. The number of carboxylic acid groups (broad SMARTS) is 1. The van der Waals surface area contributed by atoms with E-state index in [1.165, 1.54) is 0 Å². The molecule has 0 aliphatic carbocycles. The first-order valence-corrected chi connectivity index (χ1v) is 5.74. The van der Waals surface area contributed by atoms with E-state index in [1.54, 1.807) is 23.5 Å². The summed E-state index contributed by atoms with van der Waals surface area (Å²) in [4.78, 5) is 11.0. The zero-order valence-corrected chi connectivity index (χ0v) is 9.54. The van der Waals surface area contributed by atoms with Crippen molar-refractivity contribution in [2.45, 2.75) is 6.92 Å². The molecule has 0 atom stereocenters. The van der Waals surface area contributed by atoms with Crippen molar-refractivity contribution in [3.8, 4) is 0 Å². The summed E-state index contributed by atoms with van der Waals surface area (Å²) >= 11 is 1.57. The minimum absolute atomic E-state index is 0.289. The van der Waals surface area contributed by atoms with Crippen LogP contribution >= 0.6 is 11.3 Å². The van der Waals surface area contributed by atoms with E-state index >= 15 is 0 Å². The van der Waals surface area contributed by atoms with E-state index in [-0.39, 0.29) is 5.56 Å². The molecule has 1 heterocycles. The van der Waals surface area contributed by atoms with Crippen molar-refractivity contribution >= 4 is 28.7 Å². The Morgan fingerprint density at radius 2 is 2.19 bits per heavy atom. The van der Waals surface area contributed by atoms with E-state index in [2.05, 4.69) is 5.32 Å². The van der Waals surface area contributed by atoms with Crippen LogP contribution in [0.1, 0.15) is 15.9 Å². The summed E-state index contributed by atoms with van der Waals surface area (Å²) in [5, 5.41) is 16.0. The number of thiophene rings is 1. The molecule has 1 aromatic heterocycles. The van der Waals surface area contributed by atoms with Crippen LogP contribution in [0.15, 0.2) is 35.0 Å². The lowest BCUT2D eigenvalue weighted by Crippen LogP contribution is -2.02. The lowest BCUT2D eigenvalue weighted by atomic mass is 10.1. The minimum atomic E-state index is -0.919. The van der Waals surface area contributed by atoms with Crippen LogP contribution in [-0.4, -0.2) is 11.1 Å². The Morgan fingerprint density at radius 1 is 1.38 bits per heavy atom. The standard InChI is InChI=1S/C12H11NO2S/c1-8-2-3-10(12(14)15)11(6-8)13-9-4-5-16-7-9/h2-7,13H,1H3,(H,14,15). The fourth-order valence-electron chi connectivity index (χ4n) is 1.44. The molecule has 1 aromatic carbocycles. The number of aromatic carboxylic acids is 1. The van der Waals surface area contributed by atoms with Gasteiger partial charge in [0.1, 0.15) is 0 Å². The smallest absolute Gasteiger partial charge is 0.337 e. The van der Waals surface area contributed by atoms with Crippen molar-refractivity contribution in [1.29, 1.82) is 0 Å². The van der Waals surface area contributed by atoms with Gasteiger partial charge in [-0.2, -0.15) is 11.3 Å². The van der Waals surface area contributed by atoms with E-state index in [0.717, 1.165) is 11.3 Å². The average molecular weight is 233 g/mol. The van der Waals surface area contributed by atoms with Gasteiger partial charge >= 0.3 is 5.97 Å². The van der Waals surface area contributed by atoms with Gasteiger partial charge in [0, 0.05) is 11.1 Å². The van der Waals surface area contributed by atoms with Gasteiger partial charge < -0.3 is 10.4 Å². The first-order chi connectivity index (χ1) is 7.66. The third-order valence-corrected chi connectivity index (χ3v) is 2.89. The summed E-state index contributed by atoms with van der Waals surface area (Å²) in [6.07, 6.45) is 0. The highest BCUT2D eigenvalue weighted by Gasteiger charge is 2.09. The van der Waals surface area contributed by atoms with Gasteiger partial charge in [0.15, 0.2) is 0 Å². The first kappa shape index (κ1) is 10.7. The molecule has 2 N–H and O–H groups in total. The molecule has 0 aliphatic heterocycles. The molecule has 82 valence electrons. The Hall–Kier alpha value is -1.81. The second kappa shape index (κ2) is 4.37. The van der Waals surface area contributed by atoms with E-state index < -0.39 is 5.97 Å². The molecule has 3 nitrogen and oxygen atoms in total. The van der Waals surface area contributed by atoms with Gasteiger partial charge in [-0.3, -0.25) is 0 Å². The van der Waals surface area contributed by atoms with Crippen LogP contribution in [0.2, 0.25) is 0 Å². The number of carboxylic acids is 1. The van der Waals surface area contributed by atoms with Crippen molar-refractivity contribution in [3.05, 3.63) is 46.2 Å². The average Bonchev–Trinajstić information content (AvgIpc) is 2.70. The van der Waals surface area contributed by atoms with Crippen LogP contribution < -0.4 is 5.32 Å². The Balaban J connectivity index is 2.38. The van der Waals surface area contributed by atoms with Crippen molar-refractivity contribution in [2.24, 2.45) is 0 Å². The van der Waals surface area contributed by atoms with Crippen molar-refractivity contribution < 1.29 is 9.90 Å². The summed E-state index contributed by atoms with van der Waals surface area (Å²) in [7, 11) is 0. The number of aryl methyl sites for hydroxylation is 1. The van der Waals surface area contributed by atoms with Crippen molar-refractivity contribution in [3.63, 3.8) is 0 Å². The molecular formula is C12H11NO2S. The quantitative estimate of drug-likeness (QED) is 0.853. The number of carbonyl (C=O) groups is 1. The maximum Gasteiger partial charge on any atom is 0.337 e. The van der Waals surface area contributed by atoms with Crippen LogP contribution in [-0.2, 0) is 0 Å². The first-order valence-electron chi connectivity index (χ1n) is 4.80. The minimum Gasteiger partial charge on any atom is -0.478 e. The van der Waals surface area contributed by atoms with Gasteiger partial charge in [-0.25, -0.2) is 4.79 Å². The molecule has 0 aliphatic rings. The Labute approximate surface area is 97.4 Å². The second-order valence-electron chi connectivity index (χ2n) is 3.49. The van der Waals surface area contributed by atoms with Gasteiger partial charge in [0.05, 0.1) is 11.3 Å². The second-order valence-corrected chi connectivity index (χ2v) is 4.27. The van der Waals surface area contributed by atoms with Gasteiger partial charge in [0.2, 0.25) is 0 Å². The summed E-state index contributed by atoms with van der Waals surface area (Å²) in [5.41, 5.74) is 2.86. The Morgan fingerprint density at radius 3 is 2.81 bits per heavy atom. The fraction of sp³-hybridized carbons (Fsp3) is 0.0833. The highest BCUT2D eigenvalue weighted by Crippen LogP contribution is 2.23. The predicted molar refractivity (Wildman–Crippen MR) is 65.7 cm³/mol. The van der Waals surface area contributed by atoms with Crippen molar-refractivity contribution in [2.75, 3.05) is 5.32 Å². The molecule has 0 radical (unpaired) electrons. The maximum atomic E-state index is 11.0. The van der Waals surface area contributed by atoms with Gasteiger partial charge in [-0.1, -0.05) is 6.07 Å². The van der Waals surface area contributed by atoms with Crippen LogP contribution in [0.5, 0.6) is 0 Å². The van der Waals surface area contributed by atoms with E-state index in [1.807, 2.05) is 29.8 Å². The van der Waals surface area contributed by atoms with Crippen LogP contribution in [0.3, 0.4) is 0 Å². The van der Waals surface area contributed by atoms with E-state index in [9.17, 15) is 4.79 Å². The molecule has 0 fully saturated rings. The number of benzene rings is 1. The monoisotopic (exact) mass is 233 g/mol. The topological polar surface area (TPSA) is 49.3 Å². The summed E-state index contributed by atoms with van der Waals surface area (Å²) in [6, 6.07) is 7.16. The molecule has 2 rings (SSSR count). The Bertz CT molecular complexity index is 506. The molecule has 4 heteroatoms. The third-order valence-electron chi connectivity index (χ3n) is 2.21. The zero-order chi connectivity index (χ0) is 11.5. The number of anilines is 2. The molecule has 16 heavy (non-hydrogen) atoms.